The Labute approximate surface area is 127 Å². The van der Waals surface area contributed by atoms with Crippen molar-refractivity contribution in [3.05, 3.63) is 30.1 Å². The van der Waals surface area contributed by atoms with Gasteiger partial charge in [0.05, 0.1) is 6.10 Å². The van der Waals surface area contributed by atoms with Crippen molar-refractivity contribution in [2.75, 3.05) is 13.1 Å². The lowest BCUT2D eigenvalue weighted by Gasteiger charge is -2.41. The van der Waals surface area contributed by atoms with Gasteiger partial charge in [0.25, 0.3) is 0 Å². The standard InChI is InChI=1S/C17H27N3O/c21-17-6-2-1-5-16(17)20-10-7-15(8-11-20)19-13-14-4-3-9-18-12-14/h3-4,9,12,15-17,19,21H,1-2,5-8,10-11,13H2. The highest BCUT2D eigenvalue weighted by molar-refractivity contribution is 5.08. The van der Waals surface area contributed by atoms with Gasteiger partial charge in [-0.3, -0.25) is 9.88 Å². The molecule has 2 heterocycles. The normalized spacial score (nSPS) is 28.6. The van der Waals surface area contributed by atoms with Gasteiger partial charge in [0, 0.05) is 44.1 Å². The summed E-state index contributed by atoms with van der Waals surface area (Å²) >= 11 is 0. The van der Waals surface area contributed by atoms with Gasteiger partial charge in [0.15, 0.2) is 0 Å². The highest BCUT2D eigenvalue weighted by Gasteiger charge is 2.31. The maximum absolute atomic E-state index is 10.2. The van der Waals surface area contributed by atoms with Crippen LogP contribution in [0.25, 0.3) is 0 Å². The number of aliphatic hydroxyl groups is 1. The van der Waals surface area contributed by atoms with Gasteiger partial charge in [-0.2, -0.15) is 0 Å². The number of likely N-dealkylation sites (tertiary alicyclic amines) is 1. The number of nitrogens with zero attached hydrogens (tertiary/aromatic N) is 2. The van der Waals surface area contributed by atoms with E-state index in [1.165, 1.54) is 37.7 Å². The molecule has 4 heteroatoms. The van der Waals surface area contributed by atoms with Gasteiger partial charge in [-0.1, -0.05) is 18.9 Å². The van der Waals surface area contributed by atoms with Crippen molar-refractivity contribution in [1.29, 1.82) is 0 Å². The summed E-state index contributed by atoms with van der Waals surface area (Å²) in [6, 6.07) is 5.12. The lowest BCUT2D eigenvalue weighted by atomic mass is 9.89. The first kappa shape index (κ1) is 14.9. The summed E-state index contributed by atoms with van der Waals surface area (Å²) in [5.41, 5.74) is 1.25. The summed E-state index contributed by atoms with van der Waals surface area (Å²) in [4.78, 5) is 6.67. The number of nitrogens with one attached hydrogen (secondary N) is 1. The molecule has 0 radical (unpaired) electrons. The minimum Gasteiger partial charge on any atom is -0.391 e. The quantitative estimate of drug-likeness (QED) is 0.889. The zero-order valence-electron chi connectivity index (χ0n) is 12.7. The van der Waals surface area contributed by atoms with Gasteiger partial charge < -0.3 is 10.4 Å². The molecule has 0 bridgehead atoms. The van der Waals surface area contributed by atoms with Crippen molar-refractivity contribution >= 4 is 0 Å². The Morgan fingerprint density at radius 3 is 2.71 bits per heavy atom. The van der Waals surface area contributed by atoms with Crippen molar-refractivity contribution in [3.63, 3.8) is 0 Å². The molecule has 1 aliphatic heterocycles. The van der Waals surface area contributed by atoms with Crippen LogP contribution in [0.2, 0.25) is 0 Å². The molecule has 21 heavy (non-hydrogen) atoms. The smallest absolute Gasteiger partial charge is 0.0695 e. The number of pyridine rings is 1. The molecule has 1 aromatic rings. The van der Waals surface area contributed by atoms with Gasteiger partial charge in [0.2, 0.25) is 0 Å². The molecule has 2 unspecified atom stereocenters. The van der Waals surface area contributed by atoms with Crippen molar-refractivity contribution in [2.45, 2.75) is 63.3 Å². The van der Waals surface area contributed by atoms with Crippen LogP contribution in [0.15, 0.2) is 24.5 Å². The van der Waals surface area contributed by atoms with Crippen molar-refractivity contribution in [2.24, 2.45) is 0 Å². The van der Waals surface area contributed by atoms with Crippen LogP contribution in [0.5, 0.6) is 0 Å². The predicted octanol–water partition coefficient (Wildman–Crippen LogP) is 1.94. The van der Waals surface area contributed by atoms with Gasteiger partial charge in [-0.25, -0.2) is 0 Å². The molecule has 0 aromatic carbocycles. The fourth-order valence-electron chi connectivity index (χ4n) is 3.72. The predicted molar refractivity (Wildman–Crippen MR) is 83.9 cm³/mol. The third-order valence-electron chi connectivity index (χ3n) is 5.01. The van der Waals surface area contributed by atoms with Crippen LogP contribution < -0.4 is 5.32 Å². The molecular formula is C17H27N3O. The van der Waals surface area contributed by atoms with Gasteiger partial charge in [-0.05, 0) is 37.3 Å². The molecule has 1 saturated heterocycles. The van der Waals surface area contributed by atoms with E-state index in [0.717, 1.165) is 26.1 Å². The molecule has 0 spiro atoms. The fourth-order valence-corrected chi connectivity index (χ4v) is 3.72. The van der Waals surface area contributed by atoms with E-state index in [1.54, 1.807) is 0 Å². The number of piperidine rings is 1. The molecule has 2 fully saturated rings. The molecule has 4 nitrogen and oxygen atoms in total. The summed E-state index contributed by atoms with van der Waals surface area (Å²) in [6.07, 6.45) is 10.7. The van der Waals surface area contributed by atoms with E-state index in [4.69, 9.17) is 0 Å². The van der Waals surface area contributed by atoms with Gasteiger partial charge in [0.1, 0.15) is 0 Å². The van der Waals surface area contributed by atoms with E-state index in [1.807, 2.05) is 18.5 Å². The summed E-state index contributed by atoms with van der Waals surface area (Å²) in [6.45, 7) is 3.14. The molecule has 2 aliphatic rings. The van der Waals surface area contributed by atoms with Crippen LogP contribution >= 0.6 is 0 Å². The zero-order valence-corrected chi connectivity index (χ0v) is 12.7. The molecule has 116 valence electrons. The highest BCUT2D eigenvalue weighted by Crippen LogP contribution is 2.25. The van der Waals surface area contributed by atoms with Crippen LogP contribution in [0, 0.1) is 0 Å². The first-order valence-corrected chi connectivity index (χ1v) is 8.37. The number of hydrogen-bond donors (Lipinski definition) is 2. The van der Waals surface area contributed by atoms with E-state index in [9.17, 15) is 5.11 Å². The van der Waals surface area contributed by atoms with E-state index in [-0.39, 0.29) is 6.10 Å². The van der Waals surface area contributed by atoms with E-state index < -0.39 is 0 Å². The van der Waals surface area contributed by atoms with Crippen LogP contribution in [0.1, 0.15) is 44.1 Å². The molecule has 1 saturated carbocycles. The minimum atomic E-state index is -0.0985. The van der Waals surface area contributed by atoms with Crippen LogP contribution in [0.4, 0.5) is 0 Å². The maximum Gasteiger partial charge on any atom is 0.0695 e. The van der Waals surface area contributed by atoms with Crippen molar-refractivity contribution in [3.8, 4) is 0 Å². The summed E-state index contributed by atoms with van der Waals surface area (Å²) in [7, 11) is 0. The van der Waals surface area contributed by atoms with Gasteiger partial charge >= 0.3 is 0 Å². The maximum atomic E-state index is 10.2. The van der Waals surface area contributed by atoms with Crippen LogP contribution in [-0.4, -0.2) is 46.3 Å². The van der Waals surface area contributed by atoms with Crippen molar-refractivity contribution < 1.29 is 5.11 Å². The monoisotopic (exact) mass is 289 g/mol. The molecule has 2 N–H and O–H groups in total. The summed E-state index contributed by atoms with van der Waals surface area (Å²) < 4.78 is 0. The molecular weight excluding hydrogens is 262 g/mol. The lowest BCUT2D eigenvalue weighted by Crippen LogP contribution is -2.51. The topological polar surface area (TPSA) is 48.4 Å². The Kier molecular flexibility index (Phi) is 5.22. The van der Waals surface area contributed by atoms with E-state index >= 15 is 0 Å². The van der Waals surface area contributed by atoms with Crippen LogP contribution in [0.3, 0.4) is 0 Å². The SMILES string of the molecule is OC1CCCCC1N1CCC(NCc2cccnc2)CC1. The Hall–Kier alpha value is -0.970. The molecule has 3 rings (SSSR count). The largest absolute Gasteiger partial charge is 0.391 e. The highest BCUT2D eigenvalue weighted by atomic mass is 16.3. The number of aromatic nitrogens is 1. The Morgan fingerprint density at radius 2 is 2.00 bits per heavy atom. The Balaban J connectivity index is 1.42. The third kappa shape index (κ3) is 4.02. The summed E-state index contributed by atoms with van der Waals surface area (Å²) in [5, 5.41) is 13.8. The average molecular weight is 289 g/mol. The van der Waals surface area contributed by atoms with Crippen LogP contribution in [-0.2, 0) is 6.54 Å². The number of rotatable bonds is 4. The number of hydrogen-bond acceptors (Lipinski definition) is 4. The first-order chi connectivity index (χ1) is 10.3. The third-order valence-corrected chi connectivity index (χ3v) is 5.01. The van der Waals surface area contributed by atoms with E-state index in [2.05, 4.69) is 21.3 Å². The van der Waals surface area contributed by atoms with Crippen molar-refractivity contribution in [1.82, 2.24) is 15.2 Å². The average Bonchev–Trinajstić information content (AvgIpc) is 2.55. The molecule has 1 aliphatic carbocycles. The summed E-state index contributed by atoms with van der Waals surface area (Å²) in [5.74, 6) is 0. The fraction of sp³-hybridized carbons (Fsp3) is 0.706. The lowest BCUT2D eigenvalue weighted by molar-refractivity contribution is 0.00714. The molecule has 2 atom stereocenters. The molecule has 1 aromatic heterocycles. The second kappa shape index (κ2) is 7.34. The van der Waals surface area contributed by atoms with E-state index in [0.29, 0.717) is 12.1 Å². The van der Waals surface area contributed by atoms with Gasteiger partial charge in [-0.15, -0.1) is 0 Å². The second-order valence-corrected chi connectivity index (χ2v) is 6.47. The second-order valence-electron chi connectivity index (χ2n) is 6.47. The molecule has 0 amide bonds. The number of aliphatic hydroxyl groups excluding tert-OH is 1. The Bertz CT molecular complexity index is 417. The minimum absolute atomic E-state index is 0.0985. The Morgan fingerprint density at radius 1 is 1.19 bits per heavy atom. The first-order valence-electron chi connectivity index (χ1n) is 8.37. The zero-order chi connectivity index (χ0) is 14.5.